The summed E-state index contributed by atoms with van der Waals surface area (Å²) < 4.78 is 52.2. The molecule has 2 amide bonds. The van der Waals surface area contributed by atoms with E-state index in [1.165, 1.54) is 12.1 Å². The number of anilines is 1. The number of halogens is 5. The van der Waals surface area contributed by atoms with E-state index in [4.69, 9.17) is 32.7 Å². The van der Waals surface area contributed by atoms with Crippen LogP contribution >= 0.6 is 23.2 Å². The van der Waals surface area contributed by atoms with Crippen LogP contribution in [0.2, 0.25) is 10.0 Å². The number of nitrogens with zero attached hydrogens (tertiary/aromatic N) is 4. The van der Waals surface area contributed by atoms with E-state index in [0.717, 1.165) is 51.4 Å². The summed E-state index contributed by atoms with van der Waals surface area (Å²) in [6.45, 7) is 5.61. The maximum Gasteiger partial charge on any atom is 0.433 e. The van der Waals surface area contributed by atoms with Crippen molar-refractivity contribution < 1.29 is 32.2 Å². The first-order valence-electron chi connectivity index (χ1n) is 16.7. The Bertz CT molecular complexity index is 1620. The molecule has 1 aromatic carbocycles. The zero-order valence-electron chi connectivity index (χ0n) is 26.9. The van der Waals surface area contributed by atoms with E-state index in [0.29, 0.717) is 67.8 Å². The monoisotopic (exact) mass is 725 g/mol. The molecule has 0 bridgehead atoms. The summed E-state index contributed by atoms with van der Waals surface area (Å²) in [6, 6.07) is 7.18. The fourth-order valence-electron chi connectivity index (χ4n) is 6.56. The number of imidazole rings is 1. The van der Waals surface area contributed by atoms with E-state index < -0.39 is 11.9 Å². The molecule has 2 atom stereocenters. The number of hydrogen-bond acceptors (Lipinski definition) is 8. The second kappa shape index (κ2) is 15.8. The molecule has 4 aliphatic heterocycles. The van der Waals surface area contributed by atoms with Gasteiger partial charge in [0.15, 0.2) is 0 Å². The standard InChI is InChI=1S/C23H22Cl2F3N5O2.C10H18N2O2/c24-15-10-17-18(11-16(15)25)33(20-3-1-2-19(31-20)23(26,27)28)22(30-17)32-7-4-13(5-8-32)21(34)29-14-6-9-35-12-14;13-10(8-1-4-11-5-2-8)12-9-3-6-14-7-9/h1-3,10-11,13-14H,4-9,12H2,(H,29,34);8-9,11H,1-7H2,(H,12,13)/t14-;/m1./s1. The van der Waals surface area contributed by atoms with Crippen molar-refractivity contribution in [1.29, 1.82) is 0 Å². The van der Waals surface area contributed by atoms with Gasteiger partial charge in [0, 0.05) is 38.1 Å². The Hall–Kier alpha value is -3.17. The molecule has 0 spiro atoms. The van der Waals surface area contributed by atoms with Crippen molar-refractivity contribution in [3.8, 4) is 5.82 Å². The molecule has 4 fully saturated rings. The molecule has 49 heavy (non-hydrogen) atoms. The molecule has 4 aliphatic rings. The van der Waals surface area contributed by atoms with Crippen molar-refractivity contribution in [1.82, 2.24) is 30.5 Å². The van der Waals surface area contributed by atoms with E-state index in [-0.39, 0.29) is 46.6 Å². The third-order valence-corrected chi connectivity index (χ3v) is 10.1. The van der Waals surface area contributed by atoms with Crippen LogP contribution in [-0.2, 0) is 25.2 Å². The zero-order valence-corrected chi connectivity index (χ0v) is 28.4. The summed E-state index contributed by atoms with van der Waals surface area (Å²) in [5, 5.41) is 9.91. The molecule has 1 unspecified atom stereocenters. The smallest absolute Gasteiger partial charge is 0.379 e. The first kappa shape index (κ1) is 35.6. The average molecular weight is 727 g/mol. The van der Waals surface area contributed by atoms with Crippen LogP contribution in [0.4, 0.5) is 19.1 Å². The molecule has 4 saturated heterocycles. The second-order valence-corrected chi connectivity index (χ2v) is 13.6. The molecular weight excluding hydrogens is 686 g/mol. The molecule has 3 aromatic rings. The lowest BCUT2D eigenvalue weighted by molar-refractivity contribution is -0.141. The highest BCUT2D eigenvalue weighted by molar-refractivity contribution is 6.42. The number of hydrogen-bond donors (Lipinski definition) is 3. The average Bonchev–Trinajstić information content (AvgIpc) is 3.88. The van der Waals surface area contributed by atoms with E-state index in [1.54, 1.807) is 16.7 Å². The van der Waals surface area contributed by atoms with Crippen LogP contribution in [0, 0.1) is 11.8 Å². The number of alkyl halides is 3. The molecule has 7 rings (SSSR count). The maximum absolute atomic E-state index is 13.4. The van der Waals surface area contributed by atoms with Crippen LogP contribution in [0.3, 0.4) is 0 Å². The highest BCUT2D eigenvalue weighted by atomic mass is 35.5. The summed E-state index contributed by atoms with van der Waals surface area (Å²) in [5.74, 6) is 0.788. The Balaban J connectivity index is 0.000000248. The fourth-order valence-corrected chi connectivity index (χ4v) is 6.88. The normalized spacial score (nSPS) is 22.2. The number of aromatic nitrogens is 3. The van der Waals surface area contributed by atoms with Gasteiger partial charge >= 0.3 is 6.18 Å². The number of piperidine rings is 2. The number of benzene rings is 1. The van der Waals surface area contributed by atoms with E-state index >= 15 is 0 Å². The number of carbonyl (C=O) groups excluding carboxylic acids is 2. The predicted molar refractivity (Wildman–Crippen MR) is 179 cm³/mol. The van der Waals surface area contributed by atoms with E-state index in [1.807, 2.05) is 4.90 Å². The summed E-state index contributed by atoms with van der Waals surface area (Å²) in [5.41, 5.74) is -0.0360. The number of pyridine rings is 1. The minimum absolute atomic E-state index is 0.00626. The molecule has 2 aromatic heterocycles. The van der Waals surface area contributed by atoms with Gasteiger partial charge in [-0.15, -0.1) is 0 Å². The summed E-state index contributed by atoms with van der Waals surface area (Å²) in [4.78, 5) is 34.9. The molecule has 16 heteroatoms. The Kier molecular flexibility index (Phi) is 11.5. The number of fused-ring (bicyclic) bond motifs is 1. The third kappa shape index (κ3) is 8.77. The van der Waals surface area contributed by atoms with Crippen molar-refractivity contribution >= 4 is 52.0 Å². The maximum atomic E-state index is 13.4. The van der Waals surface area contributed by atoms with E-state index in [9.17, 15) is 22.8 Å². The zero-order chi connectivity index (χ0) is 34.5. The Morgan fingerprint density at radius 2 is 1.43 bits per heavy atom. The van der Waals surface area contributed by atoms with Crippen LogP contribution < -0.4 is 20.9 Å². The summed E-state index contributed by atoms with van der Waals surface area (Å²) in [7, 11) is 0. The van der Waals surface area contributed by atoms with Gasteiger partial charge in [-0.1, -0.05) is 29.3 Å². The van der Waals surface area contributed by atoms with Gasteiger partial charge < -0.3 is 30.3 Å². The first-order chi connectivity index (χ1) is 23.6. The highest BCUT2D eigenvalue weighted by Gasteiger charge is 2.34. The SMILES string of the molecule is O=C(NC1CCOC1)C1CCNCC1.O=C(N[C@@H]1CCOC1)C1CCN(c2nc3cc(Cl)c(Cl)cc3n2-c2cccc(C(F)(F)F)n2)CC1. The van der Waals surface area contributed by atoms with Gasteiger partial charge in [-0.3, -0.25) is 14.2 Å². The number of rotatable bonds is 6. The molecule has 266 valence electrons. The van der Waals surface area contributed by atoms with Crippen molar-refractivity contribution in [3.63, 3.8) is 0 Å². The number of carbonyl (C=O) groups is 2. The van der Waals surface area contributed by atoms with Gasteiger partial charge in [0.05, 0.1) is 46.4 Å². The van der Waals surface area contributed by atoms with Crippen LogP contribution in [0.15, 0.2) is 30.3 Å². The first-order valence-corrected chi connectivity index (χ1v) is 17.5. The van der Waals surface area contributed by atoms with Crippen molar-refractivity contribution in [3.05, 3.63) is 46.1 Å². The van der Waals surface area contributed by atoms with Gasteiger partial charge in [-0.05, 0) is 75.9 Å². The van der Waals surface area contributed by atoms with E-state index in [2.05, 4.69) is 25.9 Å². The Morgan fingerprint density at radius 3 is 2.00 bits per heavy atom. The third-order valence-electron chi connectivity index (χ3n) is 9.34. The lowest BCUT2D eigenvalue weighted by atomic mass is 9.95. The quantitative estimate of drug-likeness (QED) is 0.333. The number of ether oxygens (including phenoxy) is 2. The molecule has 0 saturated carbocycles. The van der Waals surface area contributed by atoms with Crippen LogP contribution in [-0.4, -0.2) is 91.0 Å². The predicted octanol–water partition coefficient (Wildman–Crippen LogP) is 4.76. The summed E-state index contributed by atoms with van der Waals surface area (Å²) >= 11 is 12.4. The molecule has 0 aliphatic carbocycles. The summed E-state index contributed by atoms with van der Waals surface area (Å²) in [6.07, 6.45) is 0.295. The minimum atomic E-state index is -4.59. The lowest BCUT2D eigenvalue weighted by Crippen LogP contribution is -2.44. The van der Waals surface area contributed by atoms with Gasteiger partial charge in [-0.25, -0.2) is 9.97 Å². The van der Waals surface area contributed by atoms with Crippen LogP contribution in [0.25, 0.3) is 16.9 Å². The Labute approximate surface area is 292 Å². The Morgan fingerprint density at radius 1 is 0.837 bits per heavy atom. The largest absolute Gasteiger partial charge is 0.433 e. The highest BCUT2D eigenvalue weighted by Crippen LogP contribution is 2.35. The minimum Gasteiger partial charge on any atom is -0.379 e. The van der Waals surface area contributed by atoms with Gasteiger partial charge in [0.1, 0.15) is 11.5 Å². The number of nitrogens with one attached hydrogen (secondary N) is 3. The van der Waals surface area contributed by atoms with Crippen molar-refractivity contribution in [2.75, 3.05) is 57.5 Å². The van der Waals surface area contributed by atoms with Crippen LogP contribution in [0.5, 0.6) is 0 Å². The molecule has 6 heterocycles. The molecule has 0 radical (unpaired) electrons. The van der Waals surface area contributed by atoms with Crippen molar-refractivity contribution in [2.45, 2.75) is 56.8 Å². The molecular formula is C33H40Cl2F3N7O4. The topological polar surface area (TPSA) is 123 Å². The molecule has 3 N–H and O–H groups in total. The van der Waals surface area contributed by atoms with Gasteiger partial charge in [0.25, 0.3) is 0 Å². The van der Waals surface area contributed by atoms with Gasteiger partial charge in [-0.2, -0.15) is 13.2 Å². The fraction of sp³-hybridized carbons (Fsp3) is 0.576. The second-order valence-electron chi connectivity index (χ2n) is 12.8. The molecule has 11 nitrogen and oxygen atoms in total. The van der Waals surface area contributed by atoms with Crippen molar-refractivity contribution in [2.24, 2.45) is 11.8 Å². The lowest BCUT2D eigenvalue weighted by Gasteiger charge is -2.32. The van der Waals surface area contributed by atoms with Crippen LogP contribution in [0.1, 0.15) is 44.2 Å². The van der Waals surface area contributed by atoms with Gasteiger partial charge in [0.2, 0.25) is 17.8 Å². The number of amides is 2.